The van der Waals surface area contributed by atoms with Crippen LogP contribution < -0.4 is 14.8 Å². The molecule has 0 radical (unpaired) electrons. The normalized spacial score (nSPS) is 12.1. The Morgan fingerprint density at radius 1 is 1.33 bits per heavy atom. The van der Waals surface area contributed by atoms with Crippen molar-refractivity contribution in [3.8, 4) is 11.5 Å². The molecule has 1 unspecified atom stereocenters. The van der Waals surface area contributed by atoms with E-state index in [2.05, 4.69) is 10.3 Å². The predicted molar refractivity (Wildman–Crippen MR) is 83.1 cm³/mol. The molecular weight excluding hydrogens is 288 g/mol. The summed E-state index contributed by atoms with van der Waals surface area (Å²) in [5.74, 6) is 1.30. The first kappa shape index (κ1) is 15.8. The van der Waals surface area contributed by atoms with E-state index in [4.69, 9.17) is 9.47 Å². The van der Waals surface area contributed by atoms with Crippen LogP contribution in [0.2, 0.25) is 0 Å². The highest BCUT2D eigenvalue weighted by Crippen LogP contribution is 2.25. The second-order valence-electron chi connectivity index (χ2n) is 4.63. The lowest BCUT2D eigenvalue weighted by atomic mass is 10.3. The standard InChI is InChI=1S/C15H20N2O3S/c1-11-10-21-15(17-11)8-16-7-12(18)9-20-14-6-4-3-5-13(14)19-2/h3-6,10,12,16,18H,7-9H2,1-2H3. The summed E-state index contributed by atoms with van der Waals surface area (Å²) < 4.78 is 10.8. The van der Waals surface area contributed by atoms with E-state index in [1.54, 1.807) is 18.4 Å². The van der Waals surface area contributed by atoms with Crippen LogP contribution in [0.25, 0.3) is 0 Å². The van der Waals surface area contributed by atoms with Gasteiger partial charge in [-0.3, -0.25) is 0 Å². The minimum Gasteiger partial charge on any atom is -0.493 e. The number of methoxy groups -OCH3 is 1. The lowest BCUT2D eigenvalue weighted by Crippen LogP contribution is -2.31. The second kappa shape index (κ2) is 7.97. The molecule has 0 fully saturated rings. The summed E-state index contributed by atoms with van der Waals surface area (Å²) in [6.45, 7) is 3.29. The number of aliphatic hydroxyl groups excluding tert-OH is 1. The summed E-state index contributed by atoms with van der Waals surface area (Å²) in [5.41, 5.74) is 1.02. The third-order valence-corrected chi connectivity index (χ3v) is 3.79. The molecule has 21 heavy (non-hydrogen) atoms. The molecule has 2 aromatic rings. The van der Waals surface area contributed by atoms with Gasteiger partial charge in [-0.05, 0) is 19.1 Å². The maximum absolute atomic E-state index is 9.91. The molecule has 0 aliphatic carbocycles. The summed E-state index contributed by atoms with van der Waals surface area (Å²) in [5, 5.41) is 16.1. The van der Waals surface area contributed by atoms with Crippen LogP contribution in [0.1, 0.15) is 10.7 Å². The zero-order valence-electron chi connectivity index (χ0n) is 12.2. The number of nitrogens with one attached hydrogen (secondary N) is 1. The van der Waals surface area contributed by atoms with Gasteiger partial charge in [0, 0.05) is 24.2 Å². The van der Waals surface area contributed by atoms with Crippen LogP contribution in [0.5, 0.6) is 11.5 Å². The Hall–Kier alpha value is -1.63. The third-order valence-electron chi connectivity index (χ3n) is 2.82. The van der Waals surface area contributed by atoms with E-state index in [0.29, 0.717) is 24.6 Å². The topological polar surface area (TPSA) is 63.6 Å². The SMILES string of the molecule is COc1ccccc1OCC(O)CNCc1nc(C)cs1. The van der Waals surface area contributed by atoms with Gasteiger partial charge in [-0.15, -0.1) is 11.3 Å². The minimum atomic E-state index is -0.587. The quantitative estimate of drug-likeness (QED) is 0.781. The smallest absolute Gasteiger partial charge is 0.161 e. The number of nitrogens with zero attached hydrogens (tertiary/aromatic N) is 1. The molecule has 2 N–H and O–H groups in total. The molecule has 0 spiro atoms. The molecule has 6 heteroatoms. The highest BCUT2D eigenvalue weighted by molar-refractivity contribution is 7.09. The number of hydrogen-bond donors (Lipinski definition) is 2. The number of aliphatic hydroxyl groups is 1. The summed E-state index contributed by atoms with van der Waals surface area (Å²) in [6.07, 6.45) is -0.587. The molecule has 114 valence electrons. The van der Waals surface area contributed by atoms with E-state index in [1.807, 2.05) is 36.6 Å². The Morgan fingerprint density at radius 3 is 2.76 bits per heavy atom. The van der Waals surface area contributed by atoms with Crippen molar-refractivity contribution in [2.75, 3.05) is 20.3 Å². The molecule has 0 aliphatic rings. The van der Waals surface area contributed by atoms with Crippen LogP contribution in [0.3, 0.4) is 0 Å². The van der Waals surface area contributed by atoms with Crippen LogP contribution in [0, 0.1) is 6.92 Å². The predicted octanol–water partition coefficient (Wildman–Crippen LogP) is 1.99. The monoisotopic (exact) mass is 308 g/mol. The summed E-state index contributed by atoms with van der Waals surface area (Å²) >= 11 is 1.61. The summed E-state index contributed by atoms with van der Waals surface area (Å²) in [7, 11) is 1.59. The molecule has 0 saturated heterocycles. The van der Waals surface area contributed by atoms with E-state index >= 15 is 0 Å². The zero-order valence-corrected chi connectivity index (χ0v) is 13.0. The fraction of sp³-hybridized carbons (Fsp3) is 0.400. The number of hydrogen-bond acceptors (Lipinski definition) is 6. The van der Waals surface area contributed by atoms with Crippen molar-refractivity contribution in [1.82, 2.24) is 10.3 Å². The zero-order chi connectivity index (χ0) is 15.1. The van der Waals surface area contributed by atoms with Gasteiger partial charge in [-0.25, -0.2) is 4.98 Å². The van der Waals surface area contributed by atoms with Crippen molar-refractivity contribution >= 4 is 11.3 Å². The van der Waals surface area contributed by atoms with Gasteiger partial charge in [0.1, 0.15) is 17.7 Å². The first-order chi connectivity index (χ1) is 10.2. The molecule has 0 saturated carbocycles. The number of aryl methyl sites for hydroxylation is 1. The highest BCUT2D eigenvalue weighted by Gasteiger charge is 2.08. The lowest BCUT2D eigenvalue weighted by molar-refractivity contribution is 0.104. The largest absolute Gasteiger partial charge is 0.493 e. The van der Waals surface area contributed by atoms with Gasteiger partial charge in [0.05, 0.1) is 7.11 Å². The number of benzene rings is 1. The molecule has 1 atom stereocenters. The second-order valence-corrected chi connectivity index (χ2v) is 5.57. The molecule has 1 heterocycles. The molecule has 0 bridgehead atoms. The maximum atomic E-state index is 9.91. The Morgan fingerprint density at radius 2 is 2.10 bits per heavy atom. The fourth-order valence-electron chi connectivity index (χ4n) is 1.81. The molecular formula is C15H20N2O3S. The molecule has 5 nitrogen and oxygen atoms in total. The van der Waals surface area contributed by atoms with Crippen LogP contribution in [-0.2, 0) is 6.54 Å². The van der Waals surface area contributed by atoms with Crippen molar-refractivity contribution in [2.45, 2.75) is 19.6 Å². The average molecular weight is 308 g/mol. The van der Waals surface area contributed by atoms with Gasteiger partial charge < -0.3 is 19.9 Å². The molecule has 1 aromatic heterocycles. The van der Waals surface area contributed by atoms with E-state index in [-0.39, 0.29) is 6.61 Å². The van der Waals surface area contributed by atoms with Crippen LogP contribution in [-0.4, -0.2) is 36.5 Å². The van der Waals surface area contributed by atoms with Crippen molar-refractivity contribution < 1.29 is 14.6 Å². The van der Waals surface area contributed by atoms with Gasteiger partial charge in [0.2, 0.25) is 0 Å². The Balaban J connectivity index is 1.71. The van der Waals surface area contributed by atoms with Gasteiger partial charge in [0.15, 0.2) is 11.5 Å². The number of para-hydroxylation sites is 2. The summed E-state index contributed by atoms with van der Waals surface area (Å²) in [4.78, 5) is 4.35. The van der Waals surface area contributed by atoms with E-state index in [0.717, 1.165) is 10.7 Å². The lowest BCUT2D eigenvalue weighted by Gasteiger charge is -2.14. The van der Waals surface area contributed by atoms with E-state index in [9.17, 15) is 5.11 Å². The van der Waals surface area contributed by atoms with Crippen molar-refractivity contribution in [2.24, 2.45) is 0 Å². The number of thiazole rings is 1. The highest BCUT2D eigenvalue weighted by atomic mass is 32.1. The van der Waals surface area contributed by atoms with Crippen molar-refractivity contribution in [3.05, 3.63) is 40.3 Å². The first-order valence-electron chi connectivity index (χ1n) is 6.74. The third kappa shape index (κ3) is 5.00. The van der Waals surface area contributed by atoms with Crippen LogP contribution >= 0.6 is 11.3 Å². The van der Waals surface area contributed by atoms with Crippen molar-refractivity contribution in [3.63, 3.8) is 0 Å². The van der Waals surface area contributed by atoms with Gasteiger partial charge in [-0.2, -0.15) is 0 Å². The summed E-state index contributed by atoms with van der Waals surface area (Å²) in [6, 6.07) is 7.38. The first-order valence-corrected chi connectivity index (χ1v) is 7.62. The van der Waals surface area contributed by atoms with E-state index < -0.39 is 6.10 Å². The van der Waals surface area contributed by atoms with Crippen LogP contribution in [0.15, 0.2) is 29.6 Å². The number of aromatic nitrogens is 1. The van der Waals surface area contributed by atoms with Gasteiger partial charge in [0.25, 0.3) is 0 Å². The minimum absolute atomic E-state index is 0.213. The Kier molecular flexibility index (Phi) is 5.98. The molecule has 2 rings (SSSR count). The number of rotatable bonds is 8. The average Bonchev–Trinajstić information content (AvgIpc) is 2.91. The maximum Gasteiger partial charge on any atom is 0.161 e. The van der Waals surface area contributed by atoms with Gasteiger partial charge in [-0.1, -0.05) is 12.1 Å². The fourth-order valence-corrected chi connectivity index (χ4v) is 2.55. The van der Waals surface area contributed by atoms with E-state index in [1.165, 1.54) is 0 Å². The Bertz CT molecular complexity index is 559. The van der Waals surface area contributed by atoms with Crippen LogP contribution in [0.4, 0.5) is 0 Å². The van der Waals surface area contributed by atoms with Gasteiger partial charge >= 0.3 is 0 Å². The molecule has 1 aromatic carbocycles. The molecule has 0 amide bonds. The Labute approximate surface area is 128 Å². The number of ether oxygens (including phenoxy) is 2. The van der Waals surface area contributed by atoms with Crippen molar-refractivity contribution in [1.29, 1.82) is 0 Å². The molecule has 0 aliphatic heterocycles.